The van der Waals surface area contributed by atoms with Crippen molar-refractivity contribution in [2.24, 2.45) is 0 Å². The van der Waals surface area contributed by atoms with E-state index in [9.17, 15) is 21.6 Å². The molecule has 1 unspecified atom stereocenters. The Balaban J connectivity index is 2.88. The minimum Gasteiger partial charge on any atom is -0.398 e. The van der Waals surface area contributed by atoms with Crippen LogP contribution in [0.4, 0.5) is 18.9 Å². The van der Waals surface area contributed by atoms with Gasteiger partial charge in [-0.1, -0.05) is 6.07 Å². The Labute approximate surface area is 108 Å². The molecule has 0 bridgehead atoms. The number of alkyl halides is 3. The van der Waals surface area contributed by atoms with Gasteiger partial charge in [0, 0.05) is 6.54 Å². The van der Waals surface area contributed by atoms with Gasteiger partial charge in [0.1, 0.15) is 4.90 Å². The second kappa shape index (κ2) is 5.35. The largest absolute Gasteiger partial charge is 0.415 e. The van der Waals surface area contributed by atoms with Crippen molar-refractivity contribution in [2.45, 2.75) is 24.1 Å². The lowest BCUT2D eigenvalue weighted by Gasteiger charge is -2.15. The zero-order chi connectivity index (χ0) is 14.8. The van der Waals surface area contributed by atoms with Crippen LogP contribution in [-0.4, -0.2) is 32.3 Å². The van der Waals surface area contributed by atoms with Gasteiger partial charge in [-0.2, -0.15) is 13.2 Å². The van der Waals surface area contributed by atoms with Crippen LogP contribution in [0.2, 0.25) is 0 Å². The fourth-order valence-electron chi connectivity index (χ4n) is 1.29. The third-order valence-corrected chi connectivity index (χ3v) is 3.80. The normalized spacial score (nSPS) is 14.4. The van der Waals surface area contributed by atoms with Crippen LogP contribution in [0.5, 0.6) is 0 Å². The number of aryl methyl sites for hydroxylation is 1. The molecule has 0 saturated carbocycles. The second-order valence-corrected chi connectivity index (χ2v) is 5.69. The number of nitrogens with one attached hydrogen (secondary N) is 1. The molecule has 0 heterocycles. The summed E-state index contributed by atoms with van der Waals surface area (Å²) in [6.45, 7) is 0.521. The van der Waals surface area contributed by atoms with Crippen LogP contribution in [0.1, 0.15) is 5.56 Å². The summed E-state index contributed by atoms with van der Waals surface area (Å²) in [5.74, 6) is 0. The third kappa shape index (κ3) is 4.08. The molecule has 0 amide bonds. The van der Waals surface area contributed by atoms with Crippen molar-refractivity contribution in [3.05, 3.63) is 23.8 Å². The number of sulfonamides is 1. The molecule has 5 nitrogen and oxygen atoms in total. The standard InChI is InChI=1S/C10H13F3N2O3S/c1-6-2-3-8(7(14)4-6)19(17,18)15-5-9(16)10(11,12)13/h2-4,9,15-16H,5,14H2,1H3. The van der Waals surface area contributed by atoms with Gasteiger partial charge in [0.05, 0.1) is 5.69 Å². The van der Waals surface area contributed by atoms with E-state index >= 15 is 0 Å². The van der Waals surface area contributed by atoms with Crippen molar-refractivity contribution >= 4 is 15.7 Å². The van der Waals surface area contributed by atoms with Gasteiger partial charge in [-0.05, 0) is 24.6 Å². The first kappa shape index (κ1) is 15.7. The number of hydrogen-bond acceptors (Lipinski definition) is 4. The molecule has 0 aliphatic rings. The number of rotatable bonds is 4. The van der Waals surface area contributed by atoms with E-state index in [2.05, 4.69) is 0 Å². The van der Waals surface area contributed by atoms with E-state index in [-0.39, 0.29) is 10.6 Å². The molecule has 4 N–H and O–H groups in total. The monoisotopic (exact) mass is 298 g/mol. The number of halogens is 3. The Hall–Kier alpha value is -1.32. The van der Waals surface area contributed by atoms with Gasteiger partial charge in [0.15, 0.2) is 6.10 Å². The highest BCUT2D eigenvalue weighted by Crippen LogP contribution is 2.22. The summed E-state index contributed by atoms with van der Waals surface area (Å²) < 4.78 is 61.3. The van der Waals surface area contributed by atoms with Crippen molar-refractivity contribution < 1.29 is 26.7 Å². The molecular formula is C10H13F3N2O3S. The topological polar surface area (TPSA) is 92.4 Å². The van der Waals surface area contributed by atoms with Gasteiger partial charge >= 0.3 is 6.18 Å². The van der Waals surface area contributed by atoms with Crippen LogP contribution in [0.25, 0.3) is 0 Å². The Morgan fingerprint density at radius 1 is 1.42 bits per heavy atom. The van der Waals surface area contributed by atoms with Crippen LogP contribution < -0.4 is 10.5 Å². The summed E-state index contributed by atoms with van der Waals surface area (Å²) >= 11 is 0. The van der Waals surface area contributed by atoms with Crippen LogP contribution in [0.15, 0.2) is 23.1 Å². The van der Waals surface area contributed by atoms with Gasteiger partial charge < -0.3 is 10.8 Å². The van der Waals surface area contributed by atoms with Crippen molar-refractivity contribution in [3.63, 3.8) is 0 Å². The Morgan fingerprint density at radius 2 is 2.00 bits per heavy atom. The van der Waals surface area contributed by atoms with E-state index < -0.39 is 28.8 Å². The average molecular weight is 298 g/mol. The molecule has 0 saturated heterocycles. The molecule has 9 heteroatoms. The highest BCUT2D eigenvalue weighted by molar-refractivity contribution is 7.89. The Bertz CT molecular complexity index is 558. The maximum Gasteiger partial charge on any atom is 0.415 e. The summed E-state index contributed by atoms with van der Waals surface area (Å²) in [7, 11) is -4.20. The molecule has 108 valence electrons. The summed E-state index contributed by atoms with van der Waals surface area (Å²) in [4.78, 5) is -0.326. The molecule has 1 rings (SSSR count). The third-order valence-electron chi connectivity index (χ3n) is 2.30. The minimum absolute atomic E-state index is 0.0750. The first-order chi connectivity index (χ1) is 8.54. The van der Waals surface area contributed by atoms with E-state index in [4.69, 9.17) is 10.8 Å². The smallest absolute Gasteiger partial charge is 0.398 e. The molecule has 0 aliphatic heterocycles. The van der Waals surface area contributed by atoms with E-state index in [1.807, 2.05) is 0 Å². The minimum atomic E-state index is -4.89. The number of aliphatic hydroxyl groups excluding tert-OH is 1. The lowest BCUT2D eigenvalue weighted by atomic mass is 10.2. The number of benzene rings is 1. The summed E-state index contributed by atoms with van der Waals surface area (Å²) in [5, 5.41) is 8.73. The average Bonchev–Trinajstić information content (AvgIpc) is 2.24. The summed E-state index contributed by atoms with van der Waals surface area (Å²) in [6.07, 6.45) is -7.66. The fourth-order valence-corrected chi connectivity index (χ4v) is 2.44. The number of hydrogen-bond donors (Lipinski definition) is 3. The molecular weight excluding hydrogens is 285 g/mol. The molecule has 0 radical (unpaired) electrons. The maximum absolute atomic E-state index is 12.0. The van der Waals surface area contributed by atoms with Gasteiger partial charge in [0.2, 0.25) is 10.0 Å². The predicted molar refractivity (Wildman–Crippen MR) is 62.8 cm³/mol. The first-order valence-corrected chi connectivity index (χ1v) is 6.63. The van der Waals surface area contributed by atoms with Crippen molar-refractivity contribution in [3.8, 4) is 0 Å². The van der Waals surface area contributed by atoms with Crippen molar-refractivity contribution in [1.29, 1.82) is 0 Å². The van der Waals surface area contributed by atoms with Crippen LogP contribution in [-0.2, 0) is 10.0 Å². The van der Waals surface area contributed by atoms with Crippen molar-refractivity contribution in [2.75, 3.05) is 12.3 Å². The molecule has 1 atom stereocenters. The van der Waals surface area contributed by atoms with Gasteiger partial charge in [-0.3, -0.25) is 0 Å². The Morgan fingerprint density at radius 3 is 2.47 bits per heavy atom. The second-order valence-electron chi connectivity index (χ2n) is 3.95. The zero-order valence-corrected chi connectivity index (χ0v) is 10.7. The Kier molecular flexibility index (Phi) is 4.43. The van der Waals surface area contributed by atoms with E-state index in [0.717, 1.165) is 0 Å². The first-order valence-electron chi connectivity index (χ1n) is 5.14. The number of nitrogens with two attached hydrogens (primary N) is 1. The highest BCUT2D eigenvalue weighted by atomic mass is 32.2. The molecule has 0 aromatic heterocycles. The molecule has 0 spiro atoms. The van der Waals surface area contributed by atoms with Gasteiger partial charge in [-0.15, -0.1) is 0 Å². The summed E-state index contributed by atoms with van der Waals surface area (Å²) in [6, 6.07) is 4.03. The number of nitrogen functional groups attached to an aromatic ring is 1. The SMILES string of the molecule is Cc1ccc(S(=O)(=O)NCC(O)C(F)(F)F)c(N)c1. The van der Waals surface area contributed by atoms with E-state index in [0.29, 0.717) is 5.56 Å². The molecule has 0 aliphatic carbocycles. The lowest BCUT2D eigenvalue weighted by molar-refractivity contribution is -0.200. The maximum atomic E-state index is 12.0. The molecule has 0 fully saturated rings. The van der Waals surface area contributed by atoms with Crippen LogP contribution in [0, 0.1) is 6.92 Å². The zero-order valence-electron chi connectivity index (χ0n) is 9.90. The fraction of sp³-hybridized carbons (Fsp3) is 0.400. The lowest BCUT2D eigenvalue weighted by Crippen LogP contribution is -2.40. The quantitative estimate of drug-likeness (QED) is 0.716. The molecule has 1 aromatic carbocycles. The number of anilines is 1. The number of aliphatic hydroxyl groups is 1. The van der Waals surface area contributed by atoms with Gasteiger partial charge in [0.25, 0.3) is 0 Å². The highest BCUT2D eigenvalue weighted by Gasteiger charge is 2.38. The van der Waals surface area contributed by atoms with Crippen LogP contribution >= 0.6 is 0 Å². The van der Waals surface area contributed by atoms with E-state index in [1.165, 1.54) is 18.2 Å². The predicted octanol–water partition coefficient (Wildman–Crippen LogP) is 0.779. The van der Waals surface area contributed by atoms with Gasteiger partial charge in [-0.25, -0.2) is 13.1 Å². The molecule has 1 aromatic rings. The summed E-state index contributed by atoms with van der Waals surface area (Å²) in [5.41, 5.74) is 6.14. The van der Waals surface area contributed by atoms with Crippen molar-refractivity contribution in [1.82, 2.24) is 4.72 Å². The molecule has 19 heavy (non-hydrogen) atoms. The van der Waals surface area contributed by atoms with E-state index in [1.54, 1.807) is 11.6 Å². The van der Waals surface area contributed by atoms with Crippen LogP contribution in [0.3, 0.4) is 0 Å².